The van der Waals surface area contributed by atoms with Gasteiger partial charge in [0.15, 0.2) is 0 Å². The molecule has 0 aromatic rings. The monoisotopic (exact) mass is 254 g/mol. The quantitative estimate of drug-likeness (QED) is 0.430. The Morgan fingerprint density at radius 2 is 1.44 bits per heavy atom. The van der Waals surface area contributed by atoms with E-state index >= 15 is 0 Å². The van der Waals surface area contributed by atoms with E-state index in [1.54, 1.807) is 0 Å². The lowest BCUT2D eigenvalue weighted by molar-refractivity contribution is 0.279. The Morgan fingerprint density at radius 1 is 0.833 bits per heavy atom. The van der Waals surface area contributed by atoms with Crippen LogP contribution in [0.5, 0.6) is 0 Å². The lowest BCUT2D eigenvalue weighted by atomic mass is 9.82. The van der Waals surface area contributed by atoms with Crippen LogP contribution in [0.4, 0.5) is 0 Å². The molecule has 0 aromatic carbocycles. The second-order valence-corrected chi connectivity index (χ2v) is 7.82. The summed E-state index contributed by atoms with van der Waals surface area (Å²) in [7, 11) is 0. The van der Waals surface area contributed by atoms with Gasteiger partial charge in [0, 0.05) is 0 Å². The van der Waals surface area contributed by atoms with Crippen LogP contribution in [0.25, 0.3) is 0 Å². The maximum absolute atomic E-state index is 2.43. The fraction of sp³-hybridized carbons (Fsp3) is 1.00. The van der Waals surface area contributed by atoms with Gasteiger partial charge in [-0.15, -0.1) is 0 Å². The van der Waals surface area contributed by atoms with Gasteiger partial charge in [-0.2, -0.15) is 0 Å². The molecule has 0 fully saturated rings. The molecular formula is C18H38. The summed E-state index contributed by atoms with van der Waals surface area (Å²) in [5.74, 6) is 2.79. The topological polar surface area (TPSA) is 0 Å². The van der Waals surface area contributed by atoms with Gasteiger partial charge < -0.3 is 0 Å². The molecule has 0 aliphatic rings. The van der Waals surface area contributed by atoms with Crippen molar-refractivity contribution in [3.63, 3.8) is 0 Å². The first kappa shape index (κ1) is 18.0. The normalized spacial score (nSPS) is 17.5. The van der Waals surface area contributed by atoms with Crippen LogP contribution in [0.15, 0.2) is 0 Å². The average molecular weight is 255 g/mol. The Labute approximate surface area is 117 Å². The van der Waals surface area contributed by atoms with Crippen LogP contribution in [0.3, 0.4) is 0 Å². The van der Waals surface area contributed by atoms with Crippen molar-refractivity contribution in [1.29, 1.82) is 0 Å². The van der Waals surface area contributed by atoms with E-state index < -0.39 is 0 Å². The first-order valence-corrected chi connectivity index (χ1v) is 8.28. The summed E-state index contributed by atoms with van der Waals surface area (Å²) in [5, 5.41) is 0. The van der Waals surface area contributed by atoms with Crippen molar-refractivity contribution in [2.75, 3.05) is 0 Å². The molecule has 110 valence electrons. The van der Waals surface area contributed by atoms with Crippen LogP contribution in [0.1, 0.15) is 93.4 Å². The number of rotatable bonds is 9. The van der Waals surface area contributed by atoms with Gasteiger partial charge in [-0.05, 0) is 36.0 Å². The van der Waals surface area contributed by atoms with Crippen LogP contribution in [0, 0.1) is 23.2 Å². The maximum atomic E-state index is 2.43. The van der Waals surface area contributed by atoms with Crippen molar-refractivity contribution in [2.24, 2.45) is 23.2 Å². The second-order valence-electron chi connectivity index (χ2n) is 7.82. The van der Waals surface area contributed by atoms with E-state index in [2.05, 4.69) is 48.5 Å². The summed E-state index contributed by atoms with van der Waals surface area (Å²) in [6.07, 6.45) is 9.85. The van der Waals surface area contributed by atoms with E-state index in [9.17, 15) is 0 Å². The zero-order chi connectivity index (χ0) is 14.2. The molecule has 18 heavy (non-hydrogen) atoms. The third kappa shape index (κ3) is 9.97. The fourth-order valence-corrected chi connectivity index (χ4v) is 3.13. The summed E-state index contributed by atoms with van der Waals surface area (Å²) in [6, 6.07) is 0. The van der Waals surface area contributed by atoms with E-state index in [4.69, 9.17) is 0 Å². The predicted molar refractivity (Wildman–Crippen MR) is 84.9 cm³/mol. The molecule has 0 saturated carbocycles. The van der Waals surface area contributed by atoms with Crippen LogP contribution in [0.2, 0.25) is 0 Å². The van der Waals surface area contributed by atoms with Gasteiger partial charge in [-0.3, -0.25) is 0 Å². The van der Waals surface area contributed by atoms with E-state index in [-0.39, 0.29) is 0 Å². The largest absolute Gasteiger partial charge is 0.0651 e. The highest BCUT2D eigenvalue weighted by Crippen LogP contribution is 2.29. The van der Waals surface area contributed by atoms with E-state index in [1.807, 2.05) is 0 Å². The molecule has 0 N–H and O–H groups in total. The fourth-order valence-electron chi connectivity index (χ4n) is 3.13. The summed E-state index contributed by atoms with van der Waals surface area (Å²) in [5.41, 5.74) is 0.500. The van der Waals surface area contributed by atoms with Gasteiger partial charge in [0.1, 0.15) is 0 Å². The lowest BCUT2D eigenvalue weighted by Gasteiger charge is -2.24. The van der Waals surface area contributed by atoms with Crippen LogP contribution < -0.4 is 0 Å². The average Bonchev–Trinajstić information content (AvgIpc) is 2.24. The van der Waals surface area contributed by atoms with E-state index in [1.165, 1.54) is 44.9 Å². The molecule has 0 heterocycles. The minimum absolute atomic E-state index is 0.500. The van der Waals surface area contributed by atoms with E-state index in [0.717, 1.165) is 17.8 Å². The molecule has 0 heteroatoms. The first-order chi connectivity index (χ1) is 8.28. The van der Waals surface area contributed by atoms with Crippen molar-refractivity contribution in [1.82, 2.24) is 0 Å². The van der Waals surface area contributed by atoms with Gasteiger partial charge in [-0.25, -0.2) is 0 Å². The summed E-state index contributed by atoms with van der Waals surface area (Å²) < 4.78 is 0. The zero-order valence-corrected chi connectivity index (χ0v) is 14.2. The van der Waals surface area contributed by atoms with Gasteiger partial charge in [-0.1, -0.05) is 80.6 Å². The van der Waals surface area contributed by atoms with Crippen LogP contribution in [-0.2, 0) is 0 Å². The summed E-state index contributed by atoms with van der Waals surface area (Å²) in [6.45, 7) is 16.6. The van der Waals surface area contributed by atoms with Crippen LogP contribution >= 0.6 is 0 Å². The highest BCUT2D eigenvalue weighted by molar-refractivity contribution is 4.68. The Bertz CT molecular complexity index is 187. The van der Waals surface area contributed by atoms with Crippen molar-refractivity contribution < 1.29 is 0 Å². The molecule has 0 radical (unpaired) electrons. The van der Waals surface area contributed by atoms with Gasteiger partial charge in [0.2, 0.25) is 0 Å². The molecule has 0 spiro atoms. The smallest absolute Gasteiger partial charge is 0.0380 e. The van der Waals surface area contributed by atoms with E-state index in [0.29, 0.717) is 5.41 Å². The molecular weight excluding hydrogens is 216 g/mol. The Balaban J connectivity index is 3.79. The molecule has 0 aromatic heterocycles. The third-order valence-electron chi connectivity index (χ3n) is 4.28. The van der Waals surface area contributed by atoms with Crippen molar-refractivity contribution in [3.05, 3.63) is 0 Å². The highest BCUT2D eigenvalue weighted by Gasteiger charge is 2.16. The minimum Gasteiger partial charge on any atom is -0.0651 e. The molecule has 0 aliphatic heterocycles. The second kappa shape index (κ2) is 8.99. The number of hydrogen-bond acceptors (Lipinski definition) is 0. The molecule has 3 unspecified atom stereocenters. The Morgan fingerprint density at radius 3 is 1.89 bits per heavy atom. The van der Waals surface area contributed by atoms with Crippen LogP contribution in [-0.4, -0.2) is 0 Å². The molecule has 3 atom stereocenters. The number of hydrogen-bond donors (Lipinski definition) is 0. The predicted octanol–water partition coefficient (Wildman–Crippen LogP) is 6.69. The highest BCUT2D eigenvalue weighted by atomic mass is 14.2. The summed E-state index contributed by atoms with van der Waals surface area (Å²) in [4.78, 5) is 0. The molecule has 0 saturated heterocycles. The van der Waals surface area contributed by atoms with Crippen molar-refractivity contribution in [3.8, 4) is 0 Å². The summed E-state index contributed by atoms with van der Waals surface area (Å²) >= 11 is 0. The zero-order valence-electron chi connectivity index (χ0n) is 14.2. The van der Waals surface area contributed by atoms with Gasteiger partial charge >= 0.3 is 0 Å². The van der Waals surface area contributed by atoms with Gasteiger partial charge in [0.05, 0.1) is 0 Å². The van der Waals surface area contributed by atoms with Crippen molar-refractivity contribution >= 4 is 0 Å². The van der Waals surface area contributed by atoms with Crippen molar-refractivity contribution in [2.45, 2.75) is 93.4 Å². The van der Waals surface area contributed by atoms with Gasteiger partial charge in [0.25, 0.3) is 0 Å². The molecule has 0 rings (SSSR count). The standard InChI is InChI=1S/C18H38/c1-8-15(3)13-17(9-2)12-10-11-16(4)14-18(5,6)7/h15-17H,8-14H2,1-7H3. The third-order valence-corrected chi connectivity index (χ3v) is 4.28. The molecule has 0 amide bonds. The molecule has 0 nitrogen and oxygen atoms in total. The Hall–Kier alpha value is 0. The lowest BCUT2D eigenvalue weighted by Crippen LogP contribution is -2.11. The maximum Gasteiger partial charge on any atom is -0.0380 e. The molecule has 0 bridgehead atoms. The molecule has 0 aliphatic carbocycles. The Kier molecular flexibility index (Phi) is 8.99. The SMILES string of the molecule is CCC(C)CC(CC)CCCC(C)CC(C)(C)C. The minimum atomic E-state index is 0.500. The first-order valence-electron chi connectivity index (χ1n) is 8.28.